The number of ether oxygens (including phenoxy) is 1. The molecule has 5 nitrogen and oxygen atoms in total. The Labute approximate surface area is 144 Å². The van der Waals surface area contributed by atoms with Gasteiger partial charge in [0.15, 0.2) is 0 Å². The van der Waals surface area contributed by atoms with E-state index in [1.54, 1.807) is 24.3 Å². The molecule has 0 bridgehead atoms. The molecule has 5 heteroatoms. The average Bonchev–Trinajstić information content (AvgIpc) is 2.61. The van der Waals surface area contributed by atoms with Crippen LogP contribution in [0.2, 0.25) is 0 Å². The highest BCUT2D eigenvalue weighted by Gasteiger charge is 2.07. The van der Waals surface area contributed by atoms with Crippen molar-refractivity contribution in [3.8, 4) is 17.6 Å². The number of benzene rings is 2. The van der Waals surface area contributed by atoms with Crippen LogP contribution in [0, 0.1) is 18.8 Å². The molecule has 0 aliphatic carbocycles. The van der Waals surface area contributed by atoms with Crippen LogP contribution in [0.1, 0.15) is 11.1 Å². The van der Waals surface area contributed by atoms with E-state index in [0.717, 1.165) is 5.56 Å². The van der Waals surface area contributed by atoms with E-state index in [-0.39, 0.29) is 11.0 Å². The Hall–Kier alpha value is -3.52. The molecule has 0 fully saturated rings. The third-order valence-electron chi connectivity index (χ3n) is 3.57. The third kappa shape index (κ3) is 3.70. The standard InChI is InChI=1S/C20H15NO4/c1-13-4-3-5-15(10-13)21-19(22)9-6-14-12-25-18-11-16(24-2)7-8-17(18)20(14)23/h3-5,7-8,10-12H,1-2H3,(H,21,22). The number of methoxy groups -OCH3 is 1. The molecule has 0 atom stereocenters. The molecule has 0 radical (unpaired) electrons. The van der Waals surface area contributed by atoms with Gasteiger partial charge in [-0.15, -0.1) is 0 Å². The maximum absolute atomic E-state index is 12.4. The Morgan fingerprint density at radius 2 is 2.04 bits per heavy atom. The second-order valence-electron chi connectivity index (χ2n) is 5.41. The number of hydrogen-bond acceptors (Lipinski definition) is 4. The van der Waals surface area contributed by atoms with Gasteiger partial charge in [0.1, 0.15) is 23.2 Å². The second-order valence-corrected chi connectivity index (χ2v) is 5.41. The lowest BCUT2D eigenvalue weighted by Crippen LogP contribution is -2.10. The molecular weight excluding hydrogens is 318 g/mol. The second kappa shape index (κ2) is 6.93. The number of carbonyl (C=O) groups is 1. The van der Waals surface area contributed by atoms with Crippen LogP contribution in [-0.4, -0.2) is 13.0 Å². The summed E-state index contributed by atoms with van der Waals surface area (Å²) < 4.78 is 10.5. The maximum atomic E-state index is 12.4. The molecule has 0 unspecified atom stereocenters. The number of rotatable bonds is 2. The van der Waals surface area contributed by atoms with E-state index in [9.17, 15) is 9.59 Å². The van der Waals surface area contributed by atoms with Gasteiger partial charge in [-0.25, -0.2) is 0 Å². The summed E-state index contributed by atoms with van der Waals surface area (Å²) in [6, 6.07) is 12.3. The van der Waals surface area contributed by atoms with Crippen LogP contribution in [0.25, 0.3) is 11.0 Å². The first-order chi connectivity index (χ1) is 12.1. The van der Waals surface area contributed by atoms with Crippen molar-refractivity contribution in [3.05, 3.63) is 70.1 Å². The lowest BCUT2D eigenvalue weighted by atomic mass is 10.1. The van der Waals surface area contributed by atoms with Gasteiger partial charge in [-0.2, -0.15) is 0 Å². The van der Waals surface area contributed by atoms with Gasteiger partial charge in [-0.1, -0.05) is 12.1 Å². The summed E-state index contributed by atoms with van der Waals surface area (Å²) in [6.45, 7) is 1.93. The topological polar surface area (TPSA) is 68.5 Å². The molecule has 3 rings (SSSR count). The van der Waals surface area contributed by atoms with Gasteiger partial charge in [-0.05, 0) is 42.7 Å². The van der Waals surface area contributed by atoms with Crippen molar-refractivity contribution in [2.24, 2.45) is 0 Å². The number of anilines is 1. The fraction of sp³-hybridized carbons (Fsp3) is 0.100. The Morgan fingerprint density at radius 1 is 1.20 bits per heavy atom. The van der Waals surface area contributed by atoms with E-state index in [4.69, 9.17) is 9.15 Å². The molecule has 0 saturated carbocycles. The number of aryl methyl sites for hydroxylation is 1. The highest BCUT2D eigenvalue weighted by molar-refractivity contribution is 6.04. The van der Waals surface area contributed by atoms with E-state index in [2.05, 4.69) is 17.2 Å². The molecule has 25 heavy (non-hydrogen) atoms. The average molecular weight is 333 g/mol. The predicted molar refractivity (Wildman–Crippen MR) is 95.7 cm³/mol. The van der Waals surface area contributed by atoms with E-state index in [1.165, 1.54) is 13.4 Å². The zero-order chi connectivity index (χ0) is 17.8. The lowest BCUT2D eigenvalue weighted by Gasteiger charge is -2.02. The first kappa shape index (κ1) is 16.3. The van der Waals surface area contributed by atoms with Crippen LogP contribution >= 0.6 is 0 Å². The van der Waals surface area contributed by atoms with Crippen LogP contribution in [0.5, 0.6) is 5.75 Å². The zero-order valence-corrected chi connectivity index (χ0v) is 13.8. The van der Waals surface area contributed by atoms with E-state index in [0.29, 0.717) is 22.4 Å². The van der Waals surface area contributed by atoms with Gasteiger partial charge in [0.05, 0.1) is 12.5 Å². The lowest BCUT2D eigenvalue weighted by molar-refractivity contribution is -0.111. The van der Waals surface area contributed by atoms with Crippen molar-refractivity contribution < 1.29 is 13.9 Å². The largest absolute Gasteiger partial charge is 0.497 e. The van der Waals surface area contributed by atoms with Crippen molar-refractivity contribution in [1.82, 2.24) is 0 Å². The van der Waals surface area contributed by atoms with Crippen molar-refractivity contribution >= 4 is 22.6 Å². The summed E-state index contributed by atoms with van der Waals surface area (Å²) >= 11 is 0. The summed E-state index contributed by atoms with van der Waals surface area (Å²) in [6.07, 6.45) is 1.25. The van der Waals surface area contributed by atoms with Crippen LogP contribution in [-0.2, 0) is 4.79 Å². The molecule has 1 amide bonds. The molecule has 3 aromatic rings. The van der Waals surface area contributed by atoms with Gasteiger partial charge in [-0.3, -0.25) is 9.59 Å². The van der Waals surface area contributed by atoms with Crippen LogP contribution < -0.4 is 15.5 Å². The van der Waals surface area contributed by atoms with Gasteiger partial charge in [0.25, 0.3) is 0 Å². The maximum Gasteiger partial charge on any atom is 0.300 e. The van der Waals surface area contributed by atoms with Crippen molar-refractivity contribution in [2.45, 2.75) is 6.92 Å². The molecule has 1 N–H and O–H groups in total. The number of amides is 1. The third-order valence-corrected chi connectivity index (χ3v) is 3.57. The van der Waals surface area contributed by atoms with Crippen molar-refractivity contribution in [3.63, 3.8) is 0 Å². The minimum absolute atomic E-state index is 0.122. The summed E-state index contributed by atoms with van der Waals surface area (Å²) in [7, 11) is 1.53. The van der Waals surface area contributed by atoms with Crippen molar-refractivity contribution in [1.29, 1.82) is 0 Å². The first-order valence-corrected chi connectivity index (χ1v) is 7.56. The fourth-order valence-corrected chi connectivity index (χ4v) is 2.33. The first-order valence-electron chi connectivity index (χ1n) is 7.56. The minimum Gasteiger partial charge on any atom is -0.497 e. The highest BCUT2D eigenvalue weighted by Crippen LogP contribution is 2.18. The fourth-order valence-electron chi connectivity index (χ4n) is 2.33. The van der Waals surface area contributed by atoms with E-state index >= 15 is 0 Å². The summed E-state index contributed by atoms with van der Waals surface area (Å²) in [5.41, 5.74) is 1.91. The van der Waals surface area contributed by atoms with Gasteiger partial charge < -0.3 is 14.5 Å². The van der Waals surface area contributed by atoms with Gasteiger partial charge >= 0.3 is 5.91 Å². The number of nitrogens with one attached hydrogen (secondary N) is 1. The molecule has 0 aliphatic heterocycles. The van der Waals surface area contributed by atoms with E-state index in [1.807, 2.05) is 25.1 Å². The normalized spacial score (nSPS) is 10.0. The Balaban J connectivity index is 1.86. The smallest absolute Gasteiger partial charge is 0.300 e. The van der Waals surface area contributed by atoms with Gasteiger partial charge in [0, 0.05) is 17.7 Å². The van der Waals surface area contributed by atoms with Gasteiger partial charge in [0.2, 0.25) is 5.43 Å². The van der Waals surface area contributed by atoms with Crippen molar-refractivity contribution in [2.75, 3.05) is 12.4 Å². The molecular formula is C20H15NO4. The molecule has 0 aliphatic rings. The SMILES string of the molecule is COc1ccc2c(=O)c(C#CC(=O)Nc3cccc(C)c3)coc2c1. The molecule has 2 aromatic carbocycles. The minimum atomic E-state index is -0.500. The van der Waals surface area contributed by atoms with Crippen LogP contribution in [0.15, 0.2) is 57.9 Å². The number of hydrogen-bond donors (Lipinski definition) is 1. The highest BCUT2D eigenvalue weighted by atomic mass is 16.5. The Bertz CT molecular complexity index is 1070. The monoisotopic (exact) mass is 333 g/mol. The van der Waals surface area contributed by atoms with Crippen LogP contribution in [0.3, 0.4) is 0 Å². The quantitative estimate of drug-likeness (QED) is 0.732. The van der Waals surface area contributed by atoms with E-state index < -0.39 is 5.91 Å². The number of carbonyl (C=O) groups excluding carboxylic acids is 1. The molecule has 0 spiro atoms. The summed E-state index contributed by atoms with van der Waals surface area (Å²) in [5, 5.41) is 3.04. The molecule has 1 heterocycles. The summed E-state index contributed by atoms with van der Waals surface area (Å²) in [4.78, 5) is 24.3. The predicted octanol–water partition coefficient (Wildman–Crippen LogP) is 3.10. The molecule has 0 saturated heterocycles. The number of fused-ring (bicyclic) bond motifs is 1. The Kier molecular flexibility index (Phi) is 4.53. The van der Waals surface area contributed by atoms with Crippen LogP contribution in [0.4, 0.5) is 5.69 Å². The Morgan fingerprint density at radius 3 is 2.80 bits per heavy atom. The molecule has 124 valence electrons. The molecule has 1 aromatic heterocycles. The zero-order valence-electron chi connectivity index (χ0n) is 13.8. The summed E-state index contributed by atoms with van der Waals surface area (Å²) in [5.74, 6) is 5.07.